The van der Waals surface area contributed by atoms with Gasteiger partial charge in [-0.3, -0.25) is 0 Å². The van der Waals surface area contributed by atoms with Gasteiger partial charge in [-0.05, 0) is 19.9 Å². The van der Waals surface area contributed by atoms with Gasteiger partial charge in [0.2, 0.25) is 0 Å². The maximum Gasteiger partial charge on any atom is 0.341 e. The molecule has 17 heavy (non-hydrogen) atoms. The standard InChI is InChI=1S/C12H19NO4/c1-4-16-7-9(2)13-6-11-5-10(8-17-11)12(14)15-3/h5,8-9,13H,4,6-7H2,1-3H3. The summed E-state index contributed by atoms with van der Waals surface area (Å²) in [6.07, 6.45) is 1.40. The highest BCUT2D eigenvalue weighted by Crippen LogP contribution is 2.08. The third-order valence-electron chi connectivity index (χ3n) is 2.27. The Morgan fingerprint density at radius 2 is 2.35 bits per heavy atom. The molecule has 1 atom stereocenters. The summed E-state index contributed by atoms with van der Waals surface area (Å²) in [5.74, 6) is 0.316. The SMILES string of the molecule is CCOCC(C)NCc1cc(C(=O)OC)co1. The van der Waals surface area contributed by atoms with Gasteiger partial charge in [0.1, 0.15) is 12.0 Å². The van der Waals surface area contributed by atoms with Crippen molar-refractivity contribution in [3.05, 3.63) is 23.7 Å². The molecule has 0 radical (unpaired) electrons. The fraction of sp³-hybridized carbons (Fsp3) is 0.583. The molecule has 0 bridgehead atoms. The van der Waals surface area contributed by atoms with E-state index in [1.807, 2.05) is 13.8 Å². The Balaban J connectivity index is 2.36. The molecule has 1 rings (SSSR count). The molecular formula is C12H19NO4. The fourth-order valence-electron chi connectivity index (χ4n) is 1.33. The van der Waals surface area contributed by atoms with Gasteiger partial charge in [0.25, 0.3) is 0 Å². The van der Waals surface area contributed by atoms with Crippen molar-refractivity contribution in [2.24, 2.45) is 0 Å². The molecule has 0 saturated carbocycles. The van der Waals surface area contributed by atoms with Crippen LogP contribution in [0, 0.1) is 0 Å². The van der Waals surface area contributed by atoms with Gasteiger partial charge in [0.05, 0.1) is 25.8 Å². The highest BCUT2D eigenvalue weighted by Gasteiger charge is 2.10. The smallest absolute Gasteiger partial charge is 0.341 e. The fourth-order valence-corrected chi connectivity index (χ4v) is 1.33. The van der Waals surface area contributed by atoms with Crippen LogP contribution >= 0.6 is 0 Å². The average molecular weight is 241 g/mol. The molecule has 0 saturated heterocycles. The van der Waals surface area contributed by atoms with E-state index >= 15 is 0 Å². The molecule has 0 amide bonds. The third kappa shape index (κ3) is 4.58. The summed E-state index contributed by atoms with van der Waals surface area (Å²) in [5.41, 5.74) is 0.432. The minimum absolute atomic E-state index is 0.238. The van der Waals surface area contributed by atoms with Gasteiger partial charge in [-0.25, -0.2) is 4.79 Å². The van der Waals surface area contributed by atoms with Crippen molar-refractivity contribution in [2.75, 3.05) is 20.3 Å². The first-order valence-corrected chi connectivity index (χ1v) is 5.64. The molecule has 5 nitrogen and oxygen atoms in total. The van der Waals surface area contributed by atoms with E-state index in [2.05, 4.69) is 10.1 Å². The van der Waals surface area contributed by atoms with E-state index in [1.165, 1.54) is 13.4 Å². The zero-order valence-corrected chi connectivity index (χ0v) is 10.5. The van der Waals surface area contributed by atoms with Crippen molar-refractivity contribution in [3.8, 4) is 0 Å². The quantitative estimate of drug-likeness (QED) is 0.734. The maximum absolute atomic E-state index is 11.2. The second-order valence-electron chi connectivity index (χ2n) is 3.73. The maximum atomic E-state index is 11.2. The van der Waals surface area contributed by atoms with E-state index < -0.39 is 0 Å². The Hall–Kier alpha value is -1.33. The number of esters is 1. The zero-order valence-electron chi connectivity index (χ0n) is 10.5. The lowest BCUT2D eigenvalue weighted by atomic mass is 10.3. The highest BCUT2D eigenvalue weighted by molar-refractivity contribution is 5.88. The van der Waals surface area contributed by atoms with Crippen LogP contribution in [-0.2, 0) is 16.0 Å². The van der Waals surface area contributed by atoms with Crippen LogP contribution in [0.2, 0.25) is 0 Å². The van der Waals surface area contributed by atoms with Gasteiger partial charge < -0.3 is 19.2 Å². The zero-order chi connectivity index (χ0) is 12.7. The average Bonchev–Trinajstić information content (AvgIpc) is 2.81. The van der Waals surface area contributed by atoms with E-state index in [-0.39, 0.29) is 12.0 Å². The lowest BCUT2D eigenvalue weighted by molar-refractivity contribution is 0.0600. The Morgan fingerprint density at radius 3 is 3.00 bits per heavy atom. The normalized spacial score (nSPS) is 12.4. The van der Waals surface area contributed by atoms with Crippen LogP contribution in [0.15, 0.2) is 16.7 Å². The molecule has 1 aromatic rings. The molecule has 0 aliphatic heterocycles. The number of furan rings is 1. The van der Waals surface area contributed by atoms with Crippen molar-refractivity contribution in [1.29, 1.82) is 0 Å². The van der Waals surface area contributed by atoms with E-state index in [1.54, 1.807) is 6.07 Å². The van der Waals surface area contributed by atoms with Crippen LogP contribution in [0.1, 0.15) is 30.0 Å². The lowest BCUT2D eigenvalue weighted by Crippen LogP contribution is -2.29. The number of ether oxygens (including phenoxy) is 2. The summed E-state index contributed by atoms with van der Waals surface area (Å²) < 4.78 is 15.1. The molecule has 1 N–H and O–H groups in total. The summed E-state index contributed by atoms with van der Waals surface area (Å²) in [6, 6.07) is 1.91. The topological polar surface area (TPSA) is 60.7 Å². The highest BCUT2D eigenvalue weighted by atomic mass is 16.5. The molecule has 1 heterocycles. The number of nitrogens with one attached hydrogen (secondary N) is 1. The van der Waals surface area contributed by atoms with Crippen LogP contribution in [0.3, 0.4) is 0 Å². The van der Waals surface area contributed by atoms with Crippen LogP contribution in [0.4, 0.5) is 0 Å². The van der Waals surface area contributed by atoms with Gasteiger partial charge >= 0.3 is 5.97 Å². The Bertz CT molecular complexity index is 348. The molecule has 1 unspecified atom stereocenters. The van der Waals surface area contributed by atoms with E-state index in [4.69, 9.17) is 9.15 Å². The van der Waals surface area contributed by atoms with E-state index in [0.717, 1.165) is 0 Å². The Labute approximate surface area is 101 Å². The molecule has 0 aliphatic rings. The Kier molecular flexibility index (Phi) is 5.72. The van der Waals surface area contributed by atoms with Crippen LogP contribution in [-0.4, -0.2) is 32.3 Å². The van der Waals surface area contributed by atoms with Crippen molar-refractivity contribution in [1.82, 2.24) is 5.32 Å². The second kappa shape index (κ2) is 7.09. The summed E-state index contributed by atoms with van der Waals surface area (Å²) in [5, 5.41) is 3.23. The van der Waals surface area contributed by atoms with Crippen LogP contribution < -0.4 is 5.32 Å². The lowest BCUT2D eigenvalue weighted by Gasteiger charge is -2.11. The number of carbonyl (C=O) groups is 1. The van der Waals surface area contributed by atoms with Gasteiger partial charge in [0.15, 0.2) is 0 Å². The molecule has 0 spiro atoms. The first kappa shape index (κ1) is 13.7. The first-order chi connectivity index (χ1) is 8.17. The number of methoxy groups -OCH3 is 1. The minimum Gasteiger partial charge on any atom is -0.467 e. The summed E-state index contributed by atoms with van der Waals surface area (Å²) >= 11 is 0. The number of hydrogen-bond acceptors (Lipinski definition) is 5. The van der Waals surface area contributed by atoms with Crippen LogP contribution in [0.25, 0.3) is 0 Å². The molecule has 96 valence electrons. The van der Waals surface area contributed by atoms with Gasteiger partial charge in [-0.15, -0.1) is 0 Å². The van der Waals surface area contributed by atoms with Gasteiger partial charge in [-0.2, -0.15) is 0 Å². The van der Waals surface area contributed by atoms with Gasteiger partial charge in [-0.1, -0.05) is 0 Å². The molecule has 1 aromatic heterocycles. The number of rotatable bonds is 7. The Morgan fingerprint density at radius 1 is 1.59 bits per heavy atom. The van der Waals surface area contributed by atoms with Crippen molar-refractivity contribution in [3.63, 3.8) is 0 Å². The van der Waals surface area contributed by atoms with E-state index in [0.29, 0.717) is 31.1 Å². The van der Waals surface area contributed by atoms with Crippen molar-refractivity contribution < 1.29 is 18.7 Å². The van der Waals surface area contributed by atoms with E-state index in [9.17, 15) is 4.79 Å². The van der Waals surface area contributed by atoms with Crippen molar-refractivity contribution in [2.45, 2.75) is 26.4 Å². The molecule has 0 fully saturated rings. The molecular weight excluding hydrogens is 222 g/mol. The molecule has 0 aromatic carbocycles. The third-order valence-corrected chi connectivity index (χ3v) is 2.27. The monoisotopic (exact) mass is 241 g/mol. The van der Waals surface area contributed by atoms with Crippen LogP contribution in [0.5, 0.6) is 0 Å². The predicted octanol–water partition coefficient (Wildman–Crippen LogP) is 1.58. The largest absolute Gasteiger partial charge is 0.467 e. The number of carbonyl (C=O) groups excluding carboxylic acids is 1. The first-order valence-electron chi connectivity index (χ1n) is 5.64. The molecule has 5 heteroatoms. The van der Waals surface area contributed by atoms with Gasteiger partial charge in [0, 0.05) is 12.6 Å². The summed E-state index contributed by atoms with van der Waals surface area (Å²) in [4.78, 5) is 11.2. The van der Waals surface area contributed by atoms with Crippen molar-refractivity contribution >= 4 is 5.97 Å². The minimum atomic E-state index is -0.387. The summed E-state index contributed by atoms with van der Waals surface area (Å²) in [6.45, 7) is 5.91. The summed E-state index contributed by atoms with van der Waals surface area (Å²) in [7, 11) is 1.34. The second-order valence-corrected chi connectivity index (χ2v) is 3.73. The molecule has 0 aliphatic carbocycles. The number of hydrogen-bond donors (Lipinski definition) is 1. The predicted molar refractivity (Wildman–Crippen MR) is 62.8 cm³/mol.